The molecule has 0 bridgehead atoms. The molecule has 1 aliphatic heterocycles. The van der Waals surface area contributed by atoms with Crippen LogP contribution in [0.4, 0.5) is 0 Å². The summed E-state index contributed by atoms with van der Waals surface area (Å²) >= 11 is 0. The summed E-state index contributed by atoms with van der Waals surface area (Å²) in [6, 6.07) is 6.11. The second kappa shape index (κ2) is 5.80. The van der Waals surface area contributed by atoms with Crippen molar-refractivity contribution in [3.05, 3.63) is 29.6 Å². The van der Waals surface area contributed by atoms with Crippen molar-refractivity contribution >= 4 is 5.91 Å². The van der Waals surface area contributed by atoms with Crippen LogP contribution in [0.5, 0.6) is 0 Å². The number of amides is 1. The van der Waals surface area contributed by atoms with E-state index in [1.807, 2.05) is 12.1 Å². The van der Waals surface area contributed by atoms with Crippen LogP contribution in [0, 0.1) is 23.2 Å². The smallest absolute Gasteiger partial charge is 0.237 e. The van der Waals surface area contributed by atoms with E-state index in [4.69, 9.17) is 5.73 Å². The summed E-state index contributed by atoms with van der Waals surface area (Å²) in [5.74, 6) is 0.582. The fourth-order valence-electron chi connectivity index (χ4n) is 3.70. The van der Waals surface area contributed by atoms with Crippen molar-refractivity contribution in [3.8, 4) is 6.07 Å². The van der Waals surface area contributed by atoms with Gasteiger partial charge in [0.25, 0.3) is 0 Å². The summed E-state index contributed by atoms with van der Waals surface area (Å²) in [6.07, 6.45) is 4.25. The van der Waals surface area contributed by atoms with Crippen LogP contribution in [0.2, 0.25) is 0 Å². The molecule has 1 amide bonds. The van der Waals surface area contributed by atoms with Gasteiger partial charge in [-0.2, -0.15) is 5.26 Å². The van der Waals surface area contributed by atoms with E-state index in [2.05, 4.69) is 21.9 Å². The van der Waals surface area contributed by atoms with Gasteiger partial charge in [0.15, 0.2) is 0 Å². The molecule has 6 nitrogen and oxygen atoms in total. The predicted octanol–water partition coefficient (Wildman–Crippen LogP) is 0.415. The van der Waals surface area contributed by atoms with Crippen LogP contribution >= 0.6 is 0 Å². The minimum atomic E-state index is 0.0262. The molecule has 1 aliphatic carbocycles. The average molecular weight is 285 g/mol. The van der Waals surface area contributed by atoms with Crippen molar-refractivity contribution in [2.45, 2.75) is 31.2 Å². The molecule has 3 rings (SSSR count). The van der Waals surface area contributed by atoms with Crippen molar-refractivity contribution in [1.29, 1.82) is 5.26 Å². The van der Waals surface area contributed by atoms with Crippen molar-refractivity contribution in [1.82, 2.24) is 15.8 Å². The van der Waals surface area contributed by atoms with Gasteiger partial charge in [0.1, 0.15) is 11.8 Å². The maximum atomic E-state index is 12.0. The SMILES string of the molecule is N#Cc1ncccc1C1CCC2C(=O)NNC(CN)C2C1. The van der Waals surface area contributed by atoms with E-state index in [0.717, 1.165) is 24.8 Å². The number of nitrogens with zero attached hydrogens (tertiary/aromatic N) is 2. The lowest BCUT2D eigenvalue weighted by Gasteiger charge is -2.43. The number of rotatable bonds is 2. The van der Waals surface area contributed by atoms with Gasteiger partial charge in [0.2, 0.25) is 5.91 Å². The molecule has 2 fully saturated rings. The van der Waals surface area contributed by atoms with E-state index in [1.165, 1.54) is 0 Å². The third-order valence-corrected chi connectivity index (χ3v) is 4.77. The topological polar surface area (TPSA) is 104 Å². The van der Waals surface area contributed by atoms with Gasteiger partial charge in [-0.1, -0.05) is 6.07 Å². The molecule has 6 heteroatoms. The molecule has 4 atom stereocenters. The van der Waals surface area contributed by atoms with E-state index >= 15 is 0 Å². The van der Waals surface area contributed by atoms with E-state index in [0.29, 0.717) is 12.2 Å². The van der Waals surface area contributed by atoms with Crippen molar-refractivity contribution in [3.63, 3.8) is 0 Å². The van der Waals surface area contributed by atoms with Gasteiger partial charge in [-0.05, 0) is 42.7 Å². The number of nitrogens with one attached hydrogen (secondary N) is 2. The Bertz CT molecular complexity index is 582. The van der Waals surface area contributed by atoms with E-state index in [1.54, 1.807) is 6.20 Å². The molecule has 0 aromatic carbocycles. The molecular weight excluding hydrogens is 266 g/mol. The first kappa shape index (κ1) is 14.0. The lowest BCUT2D eigenvalue weighted by atomic mass is 9.68. The van der Waals surface area contributed by atoms with Crippen molar-refractivity contribution < 1.29 is 4.79 Å². The lowest BCUT2D eigenvalue weighted by Crippen LogP contribution is -2.62. The van der Waals surface area contributed by atoms with Gasteiger partial charge >= 0.3 is 0 Å². The zero-order chi connectivity index (χ0) is 14.8. The van der Waals surface area contributed by atoms with Crippen LogP contribution in [0.3, 0.4) is 0 Å². The molecule has 4 N–H and O–H groups in total. The average Bonchev–Trinajstić information content (AvgIpc) is 2.55. The molecule has 110 valence electrons. The molecule has 4 unspecified atom stereocenters. The first-order chi connectivity index (χ1) is 10.2. The van der Waals surface area contributed by atoms with Gasteiger partial charge in [0, 0.05) is 24.7 Å². The van der Waals surface area contributed by atoms with Crippen LogP contribution in [-0.2, 0) is 4.79 Å². The maximum Gasteiger partial charge on any atom is 0.237 e. The second-order valence-electron chi connectivity index (χ2n) is 5.81. The number of hydrogen-bond acceptors (Lipinski definition) is 5. The number of hydrogen-bond donors (Lipinski definition) is 3. The maximum absolute atomic E-state index is 12.0. The minimum Gasteiger partial charge on any atom is -0.329 e. The van der Waals surface area contributed by atoms with E-state index in [-0.39, 0.29) is 29.7 Å². The van der Waals surface area contributed by atoms with Crippen molar-refractivity contribution in [2.24, 2.45) is 17.6 Å². The Hall–Kier alpha value is -1.97. The first-order valence-electron chi connectivity index (χ1n) is 7.35. The Morgan fingerprint density at radius 2 is 2.33 bits per heavy atom. The van der Waals surface area contributed by atoms with Crippen LogP contribution in [0.15, 0.2) is 18.3 Å². The third-order valence-electron chi connectivity index (χ3n) is 4.77. The summed E-state index contributed by atoms with van der Waals surface area (Å²) in [6.45, 7) is 0.492. The number of carbonyl (C=O) groups is 1. The fraction of sp³-hybridized carbons (Fsp3) is 0.533. The molecule has 1 saturated heterocycles. The monoisotopic (exact) mass is 285 g/mol. The van der Waals surface area contributed by atoms with Gasteiger partial charge in [-0.25, -0.2) is 10.4 Å². The van der Waals surface area contributed by atoms with Crippen LogP contribution in [0.25, 0.3) is 0 Å². The summed E-state index contributed by atoms with van der Waals surface area (Å²) in [5, 5.41) is 9.21. The molecule has 1 aromatic heterocycles. The Labute approximate surface area is 123 Å². The van der Waals surface area contributed by atoms with Crippen LogP contribution in [-0.4, -0.2) is 23.5 Å². The normalized spacial score (nSPS) is 31.9. The van der Waals surface area contributed by atoms with Gasteiger partial charge in [-0.3, -0.25) is 10.2 Å². The van der Waals surface area contributed by atoms with Crippen molar-refractivity contribution in [2.75, 3.05) is 6.54 Å². The van der Waals surface area contributed by atoms with Gasteiger partial charge in [-0.15, -0.1) is 0 Å². The number of carbonyl (C=O) groups excluding carboxylic acids is 1. The van der Waals surface area contributed by atoms with E-state index < -0.39 is 0 Å². The number of aromatic nitrogens is 1. The number of nitriles is 1. The predicted molar refractivity (Wildman–Crippen MR) is 76.6 cm³/mol. The molecular formula is C15H19N5O. The highest BCUT2D eigenvalue weighted by atomic mass is 16.2. The molecule has 2 heterocycles. The standard InChI is InChI=1S/C15H19N5O/c16-7-13-10(2-1-5-18-13)9-3-4-11-12(6-9)14(8-17)19-20-15(11)21/h1-2,5,9,11-12,14,19H,3-4,6,8,17H2,(H,20,21). The van der Waals surface area contributed by atoms with Crippen LogP contribution < -0.4 is 16.6 Å². The Morgan fingerprint density at radius 1 is 1.48 bits per heavy atom. The summed E-state index contributed by atoms with van der Waals surface area (Å²) in [7, 11) is 0. The zero-order valence-electron chi connectivity index (χ0n) is 11.7. The van der Waals surface area contributed by atoms with Gasteiger partial charge < -0.3 is 5.73 Å². The quantitative estimate of drug-likeness (QED) is 0.730. The van der Waals surface area contributed by atoms with Crippen LogP contribution in [0.1, 0.15) is 36.4 Å². The van der Waals surface area contributed by atoms with Gasteiger partial charge in [0.05, 0.1) is 0 Å². The van der Waals surface area contributed by atoms with E-state index in [9.17, 15) is 10.1 Å². The first-order valence-corrected chi connectivity index (χ1v) is 7.35. The Kier molecular flexibility index (Phi) is 3.86. The molecule has 0 radical (unpaired) electrons. The molecule has 0 spiro atoms. The lowest BCUT2D eigenvalue weighted by molar-refractivity contribution is -0.133. The highest BCUT2D eigenvalue weighted by molar-refractivity contribution is 5.79. The third kappa shape index (κ3) is 2.50. The summed E-state index contributed by atoms with van der Waals surface area (Å²) < 4.78 is 0. The fourth-order valence-corrected chi connectivity index (χ4v) is 3.70. The molecule has 1 saturated carbocycles. The summed E-state index contributed by atoms with van der Waals surface area (Å²) in [4.78, 5) is 16.1. The zero-order valence-corrected chi connectivity index (χ0v) is 11.7. The second-order valence-corrected chi connectivity index (χ2v) is 5.81. The number of hydrazine groups is 1. The Balaban J connectivity index is 1.85. The Morgan fingerprint density at radius 3 is 3.10 bits per heavy atom. The molecule has 1 aromatic rings. The highest BCUT2D eigenvalue weighted by Gasteiger charge is 2.42. The highest BCUT2D eigenvalue weighted by Crippen LogP contribution is 2.42. The minimum absolute atomic E-state index is 0.0262. The number of fused-ring (bicyclic) bond motifs is 1. The summed E-state index contributed by atoms with van der Waals surface area (Å²) in [5.41, 5.74) is 13.1. The number of pyridine rings is 1. The number of nitrogens with two attached hydrogens (primary N) is 1. The molecule has 2 aliphatic rings. The largest absolute Gasteiger partial charge is 0.329 e. The molecule has 21 heavy (non-hydrogen) atoms.